The Morgan fingerprint density at radius 3 is 2.52 bits per heavy atom. The van der Waals surface area contributed by atoms with Crippen molar-refractivity contribution < 1.29 is 23.9 Å². The number of esters is 1. The number of carbonyl (C=O) groups excluding carboxylic acids is 3. The molecule has 0 saturated carbocycles. The molecule has 0 aliphatic carbocycles. The van der Waals surface area contributed by atoms with E-state index in [0.717, 1.165) is 5.56 Å². The molecule has 0 spiro atoms. The van der Waals surface area contributed by atoms with Crippen LogP contribution in [0.25, 0.3) is 0 Å². The summed E-state index contributed by atoms with van der Waals surface area (Å²) in [5.41, 5.74) is 0.841. The summed E-state index contributed by atoms with van der Waals surface area (Å²) in [5.74, 6) is -0.695. The van der Waals surface area contributed by atoms with Crippen molar-refractivity contribution in [2.75, 3.05) is 7.11 Å². The molecule has 6 nitrogen and oxygen atoms in total. The van der Waals surface area contributed by atoms with Crippen LogP contribution in [0.15, 0.2) is 47.8 Å². The maximum absolute atomic E-state index is 12.5. The summed E-state index contributed by atoms with van der Waals surface area (Å²) >= 11 is 1.28. The highest BCUT2D eigenvalue weighted by Gasteiger charge is 2.24. The molecule has 1 amide bonds. The van der Waals surface area contributed by atoms with Gasteiger partial charge in [-0.25, -0.2) is 4.79 Å². The first-order chi connectivity index (χ1) is 12.1. The van der Waals surface area contributed by atoms with Crippen molar-refractivity contribution in [2.45, 2.75) is 25.5 Å². The number of alkyl carbamates (subject to hydrolysis) is 1. The Bertz CT molecular complexity index is 700. The van der Waals surface area contributed by atoms with Gasteiger partial charge in [0.15, 0.2) is 5.78 Å². The van der Waals surface area contributed by atoms with E-state index in [-0.39, 0.29) is 25.2 Å². The van der Waals surface area contributed by atoms with Crippen LogP contribution >= 0.6 is 11.3 Å². The second kappa shape index (κ2) is 9.58. The highest BCUT2D eigenvalue weighted by Crippen LogP contribution is 2.14. The lowest BCUT2D eigenvalue weighted by molar-refractivity contribution is -0.140. The Kier molecular flexibility index (Phi) is 7.16. The fourth-order valence-electron chi connectivity index (χ4n) is 2.13. The summed E-state index contributed by atoms with van der Waals surface area (Å²) < 4.78 is 9.73. The van der Waals surface area contributed by atoms with Gasteiger partial charge in [0.2, 0.25) is 0 Å². The van der Waals surface area contributed by atoms with Crippen LogP contribution in [0, 0.1) is 0 Å². The highest BCUT2D eigenvalue weighted by atomic mass is 32.1. The molecule has 7 heteroatoms. The molecule has 0 saturated heterocycles. The van der Waals surface area contributed by atoms with E-state index in [1.165, 1.54) is 18.4 Å². The van der Waals surface area contributed by atoms with Crippen molar-refractivity contribution in [1.82, 2.24) is 5.32 Å². The van der Waals surface area contributed by atoms with E-state index in [9.17, 15) is 14.4 Å². The second-order valence-corrected chi connectivity index (χ2v) is 6.16. The number of ketones is 1. The first kappa shape index (κ1) is 18.7. The van der Waals surface area contributed by atoms with Crippen LogP contribution in [0.2, 0.25) is 0 Å². The van der Waals surface area contributed by atoms with Crippen LogP contribution in [0.5, 0.6) is 0 Å². The van der Waals surface area contributed by atoms with Gasteiger partial charge in [0, 0.05) is 6.42 Å². The van der Waals surface area contributed by atoms with E-state index in [2.05, 4.69) is 10.1 Å². The van der Waals surface area contributed by atoms with Crippen molar-refractivity contribution in [3.63, 3.8) is 0 Å². The summed E-state index contributed by atoms with van der Waals surface area (Å²) in [4.78, 5) is 36.4. The van der Waals surface area contributed by atoms with Crippen LogP contribution in [-0.4, -0.2) is 31.0 Å². The molecule has 132 valence electrons. The van der Waals surface area contributed by atoms with Crippen LogP contribution < -0.4 is 5.32 Å². The molecule has 1 atom stereocenters. The number of rotatable bonds is 8. The molecule has 0 aliphatic heterocycles. The van der Waals surface area contributed by atoms with Gasteiger partial charge >= 0.3 is 12.1 Å². The standard InChI is InChI=1S/C18H19NO5S/c1-23-16(20)10-9-14(17(21)15-8-5-11-25-15)19-18(22)24-12-13-6-3-2-4-7-13/h2-8,11,14H,9-10,12H2,1H3,(H,19,22)/t14-/m0/s1. The van der Waals surface area contributed by atoms with Crippen LogP contribution in [0.3, 0.4) is 0 Å². The second-order valence-electron chi connectivity index (χ2n) is 5.22. The van der Waals surface area contributed by atoms with E-state index in [0.29, 0.717) is 4.88 Å². The van der Waals surface area contributed by atoms with E-state index >= 15 is 0 Å². The lowest BCUT2D eigenvalue weighted by atomic mass is 10.1. The number of nitrogens with one attached hydrogen (secondary N) is 1. The lowest BCUT2D eigenvalue weighted by Crippen LogP contribution is -2.41. The van der Waals surface area contributed by atoms with Gasteiger partial charge in [-0.2, -0.15) is 0 Å². The zero-order valence-corrected chi connectivity index (χ0v) is 14.6. The Hall–Kier alpha value is -2.67. The zero-order chi connectivity index (χ0) is 18.1. The summed E-state index contributed by atoms with van der Waals surface area (Å²) in [7, 11) is 1.28. The molecule has 0 bridgehead atoms. The van der Waals surface area contributed by atoms with Gasteiger partial charge in [0.25, 0.3) is 0 Å². The van der Waals surface area contributed by atoms with Crippen molar-refractivity contribution in [2.24, 2.45) is 0 Å². The number of ether oxygens (including phenoxy) is 2. The van der Waals surface area contributed by atoms with Gasteiger partial charge in [-0.1, -0.05) is 36.4 Å². The minimum atomic E-state index is -0.846. The first-order valence-electron chi connectivity index (χ1n) is 7.72. The maximum atomic E-state index is 12.5. The van der Waals surface area contributed by atoms with Crippen LogP contribution in [-0.2, 0) is 20.9 Å². The molecule has 25 heavy (non-hydrogen) atoms. The van der Waals surface area contributed by atoms with Gasteiger partial charge in [-0.15, -0.1) is 11.3 Å². The topological polar surface area (TPSA) is 81.7 Å². The molecule has 1 aromatic carbocycles. The number of benzene rings is 1. The Labute approximate surface area is 149 Å². The summed E-state index contributed by atoms with van der Waals surface area (Å²) in [6.07, 6.45) is -0.537. The molecule has 0 fully saturated rings. The van der Waals surface area contributed by atoms with Gasteiger partial charge in [-0.05, 0) is 23.4 Å². The van der Waals surface area contributed by atoms with E-state index in [4.69, 9.17) is 4.74 Å². The highest BCUT2D eigenvalue weighted by molar-refractivity contribution is 7.12. The van der Waals surface area contributed by atoms with Crippen LogP contribution in [0.1, 0.15) is 28.1 Å². The molecule has 1 aromatic heterocycles. The Morgan fingerprint density at radius 1 is 1.12 bits per heavy atom. The number of amides is 1. The molecular formula is C18H19NO5S. The first-order valence-corrected chi connectivity index (χ1v) is 8.60. The van der Waals surface area contributed by atoms with Crippen molar-refractivity contribution >= 4 is 29.2 Å². The molecule has 2 aromatic rings. The minimum absolute atomic E-state index is 0.0250. The number of methoxy groups -OCH3 is 1. The lowest BCUT2D eigenvalue weighted by Gasteiger charge is -2.16. The fourth-order valence-corrected chi connectivity index (χ4v) is 2.85. The van der Waals surface area contributed by atoms with Gasteiger partial charge in [0.05, 0.1) is 18.0 Å². The summed E-state index contributed by atoms with van der Waals surface area (Å²) in [6.45, 7) is 0.101. The van der Waals surface area contributed by atoms with E-state index < -0.39 is 18.1 Å². The average molecular weight is 361 g/mol. The monoisotopic (exact) mass is 361 g/mol. The predicted octanol–water partition coefficient (Wildman–Crippen LogP) is 3.18. The van der Waals surface area contributed by atoms with Crippen molar-refractivity contribution in [3.8, 4) is 0 Å². The SMILES string of the molecule is COC(=O)CC[C@H](NC(=O)OCc1ccccc1)C(=O)c1cccs1. The quantitative estimate of drug-likeness (QED) is 0.577. The van der Waals surface area contributed by atoms with Gasteiger partial charge in [-0.3, -0.25) is 9.59 Å². The maximum Gasteiger partial charge on any atom is 0.408 e. The smallest absolute Gasteiger partial charge is 0.408 e. The third-order valence-corrected chi connectivity index (χ3v) is 4.33. The zero-order valence-electron chi connectivity index (χ0n) is 13.8. The van der Waals surface area contributed by atoms with E-state index in [1.807, 2.05) is 30.3 Å². The number of hydrogen-bond donors (Lipinski definition) is 1. The molecular weight excluding hydrogens is 342 g/mol. The fraction of sp³-hybridized carbons (Fsp3) is 0.278. The van der Waals surface area contributed by atoms with Gasteiger partial charge in [0.1, 0.15) is 6.61 Å². The number of Topliss-reactive ketones (excluding diaryl/α,β-unsaturated/α-hetero) is 1. The minimum Gasteiger partial charge on any atom is -0.469 e. The van der Waals surface area contributed by atoms with Crippen LogP contribution in [0.4, 0.5) is 4.79 Å². The molecule has 0 radical (unpaired) electrons. The Morgan fingerprint density at radius 2 is 1.88 bits per heavy atom. The molecule has 1 N–H and O–H groups in total. The number of hydrogen-bond acceptors (Lipinski definition) is 6. The van der Waals surface area contributed by atoms with Gasteiger partial charge < -0.3 is 14.8 Å². The number of carbonyl (C=O) groups is 3. The third-order valence-electron chi connectivity index (χ3n) is 3.45. The average Bonchev–Trinajstić information content (AvgIpc) is 3.18. The van der Waals surface area contributed by atoms with E-state index in [1.54, 1.807) is 17.5 Å². The third kappa shape index (κ3) is 6.04. The predicted molar refractivity (Wildman–Crippen MR) is 93.5 cm³/mol. The summed E-state index contributed by atoms with van der Waals surface area (Å²) in [6, 6.07) is 11.8. The van der Waals surface area contributed by atoms with Crippen molar-refractivity contribution in [3.05, 3.63) is 58.3 Å². The molecule has 0 unspecified atom stereocenters. The molecule has 0 aliphatic rings. The van der Waals surface area contributed by atoms with Crippen molar-refractivity contribution in [1.29, 1.82) is 0 Å². The summed E-state index contributed by atoms with van der Waals surface area (Å²) in [5, 5.41) is 4.32. The Balaban J connectivity index is 1.95. The number of thiophene rings is 1. The largest absolute Gasteiger partial charge is 0.469 e. The normalized spacial score (nSPS) is 11.4. The molecule has 1 heterocycles. The molecule has 2 rings (SSSR count).